The van der Waals surface area contributed by atoms with E-state index in [4.69, 9.17) is 0 Å². The van der Waals surface area contributed by atoms with Crippen molar-refractivity contribution in [1.82, 2.24) is 14.3 Å². The quantitative estimate of drug-likeness (QED) is 0.635. The van der Waals surface area contributed by atoms with Gasteiger partial charge >= 0.3 is 16.3 Å². The van der Waals surface area contributed by atoms with Crippen LogP contribution in [-0.4, -0.2) is 51.6 Å². The zero-order valence-electron chi connectivity index (χ0n) is 8.69. The van der Waals surface area contributed by atoms with Crippen LogP contribution >= 0.6 is 0 Å². The van der Waals surface area contributed by atoms with Gasteiger partial charge in [0.15, 0.2) is 0 Å². The van der Waals surface area contributed by atoms with Crippen molar-refractivity contribution >= 4 is 16.3 Å². The first-order chi connectivity index (χ1) is 6.97. The predicted octanol–water partition coefficient (Wildman–Crippen LogP) is -1.12. The molecule has 8 heteroatoms. The van der Waals surface area contributed by atoms with Gasteiger partial charge in [-0.15, -0.1) is 0 Å². The summed E-state index contributed by atoms with van der Waals surface area (Å²) in [4.78, 5) is 10.8. The van der Waals surface area contributed by atoms with Gasteiger partial charge in [-0.2, -0.15) is 12.7 Å². The van der Waals surface area contributed by atoms with Gasteiger partial charge in [-0.1, -0.05) is 0 Å². The van der Waals surface area contributed by atoms with E-state index in [1.807, 2.05) is 4.72 Å². The lowest BCUT2D eigenvalue weighted by Crippen LogP contribution is -2.56. The van der Waals surface area contributed by atoms with Crippen LogP contribution in [0.1, 0.15) is 6.92 Å². The lowest BCUT2D eigenvalue weighted by atomic mass is 10.3. The molecule has 0 unspecified atom stereocenters. The Morgan fingerprint density at radius 1 is 1.60 bits per heavy atom. The number of hydrogen-bond donors (Lipinski definition) is 2. The molecule has 1 heterocycles. The van der Waals surface area contributed by atoms with E-state index in [1.54, 1.807) is 6.92 Å². The number of rotatable bonds is 2. The van der Waals surface area contributed by atoms with Crippen LogP contribution in [-0.2, 0) is 14.9 Å². The van der Waals surface area contributed by atoms with Gasteiger partial charge in [0, 0.05) is 25.7 Å². The maximum atomic E-state index is 11.7. The van der Waals surface area contributed by atoms with Gasteiger partial charge in [0.1, 0.15) is 0 Å². The molecule has 1 fully saturated rings. The molecule has 0 aromatic carbocycles. The summed E-state index contributed by atoms with van der Waals surface area (Å²) < 4.78 is 30.6. The van der Waals surface area contributed by atoms with Crippen LogP contribution < -0.4 is 10.0 Å². The Morgan fingerprint density at radius 3 is 2.80 bits per heavy atom. The van der Waals surface area contributed by atoms with E-state index in [9.17, 15) is 13.2 Å². The molecule has 15 heavy (non-hydrogen) atoms. The first-order valence-corrected chi connectivity index (χ1v) is 5.99. The summed E-state index contributed by atoms with van der Waals surface area (Å²) in [6, 6.07) is -0.180. The minimum Gasteiger partial charge on any atom is -0.452 e. The van der Waals surface area contributed by atoms with Crippen molar-refractivity contribution in [2.45, 2.75) is 13.0 Å². The molecule has 0 radical (unpaired) electrons. The number of piperazine rings is 1. The standard InChI is InChI=1S/C7H15N3O4S/c1-6-5-8-3-4-10(6)15(12,13)9-7(11)14-2/h6,8H,3-5H2,1-2H3,(H,9,11)/t6-/m0/s1. The van der Waals surface area contributed by atoms with Crippen molar-refractivity contribution in [2.24, 2.45) is 0 Å². The second kappa shape index (κ2) is 4.77. The molecule has 2 N–H and O–H groups in total. The van der Waals surface area contributed by atoms with E-state index < -0.39 is 16.3 Å². The second-order valence-corrected chi connectivity index (χ2v) is 4.89. The lowest BCUT2D eigenvalue weighted by Gasteiger charge is -2.32. The van der Waals surface area contributed by atoms with Gasteiger partial charge < -0.3 is 10.1 Å². The van der Waals surface area contributed by atoms with E-state index in [0.29, 0.717) is 19.6 Å². The number of nitrogens with one attached hydrogen (secondary N) is 2. The highest BCUT2D eigenvalue weighted by molar-refractivity contribution is 7.87. The molecule has 0 aromatic heterocycles. The molecule has 1 amide bonds. The molecule has 1 atom stereocenters. The van der Waals surface area contributed by atoms with Crippen LogP contribution in [0.25, 0.3) is 0 Å². The summed E-state index contributed by atoms with van der Waals surface area (Å²) in [5.41, 5.74) is 0. The number of methoxy groups -OCH3 is 1. The van der Waals surface area contributed by atoms with E-state index in [1.165, 1.54) is 4.31 Å². The number of carbonyl (C=O) groups excluding carboxylic acids is 1. The minimum absolute atomic E-state index is 0.180. The van der Waals surface area contributed by atoms with Gasteiger partial charge in [-0.05, 0) is 6.92 Å². The summed E-state index contributed by atoms with van der Waals surface area (Å²) in [7, 11) is -2.66. The van der Waals surface area contributed by atoms with Gasteiger partial charge in [-0.25, -0.2) is 9.52 Å². The van der Waals surface area contributed by atoms with Gasteiger partial charge in [0.2, 0.25) is 0 Å². The SMILES string of the molecule is COC(=O)NS(=O)(=O)N1CCNC[C@@H]1C. The van der Waals surface area contributed by atoms with Crippen molar-refractivity contribution in [3.63, 3.8) is 0 Å². The fourth-order valence-electron chi connectivity index (χ4n) is 1.39. The second-order valence-electron chi connectivity index (χ2n) is 3.26. The summed E-state index contributed by atoms with van der Waals surface area (Å²) in [5, 5.41) is 3.05. The summed E-state index contributed by atoms with van der Waals surface area (Å²) in [5.74, 6) is 0. The molecule has 7 nitrogen and oxygen atoms in total. The van der Waals surface area contributed by atoms with Crippen molar-refractivity contribution in [3.8, 4) is 0 Å². The van der Waals surface area contributed by atoms with Crippen molar-refractivity contribution < 1.29 is 17.9 Å². The Balaban J connectivity index is 2.71. The Kier molecular flexibility index (Phi) is 3.89. The molecule has 1 rings (SSSR count). The summed E-state index contributed by atoms with van der Waals surface area (Å²) >= 11 is 0. The van der Waals surface area contributed by atoms with E-state index in [-0.39, 0.29) is 6.04 Å². The summed E-state index contributed by atoms with van der Waals surface area (Å²) in [6.07, 6.45) is -0.972. The van der Waals surface area contributed by atoms with Gasteiger partial charge in [0.25, 0.3) is 0 Å². The number of amides is 1. The number of ether oxygens (including phenoxy) is 1. The first kappa shape index (κ1) is 12.2. The van der Waals surface area contributed by atoms with Gasteiger partial charge in [-0.3, -0.25) is 0 Å². The predicted molar refractivity (Wildman–Crippen MR) is 53.5 cm³/mol. The van der Waals surface area contributed by atoms with Gasteiger partial charge in [0.05, 0.1) is 7.11 Å². The van der Waals surface area contributed by atoms with Crippen LogP contribution in [0.4, 0.5) is 4.79 Å². The van der Waals surface area contributed by atoms with E-state index >= 15 is 0 Å². The maximum Gasteiger partial charge on any atom is 0.421 e. The molecule has 0 aliphatic carbocycles. The Hall–Kier alpha value is -0.860. The molecule has 0 spiro atoms. The normalized spacial score (nSPS) is 23.5. The fourth-order valence-corrected chi connectivity index (χ4v) is 2.68. The molecular formula is C7H15N3O4S. The highest BCUT2D eigenvalue weighted by Crippen LogP contribution is 2.07. The molecule has 0 saturated carbocycles. The van der Waals surface area contributed by atoms with Crippen molar-refractivity contribution in [2.75, 3.05) is 26.7 Å². The maximum absolute atomic E-state index is 11.7. The van der Waals surface area contributed by atoms with E-state index in [2.05, 4.69) is 10.1 Å². The fraction of sp³-hybridized carbons (Fsp3) is 0.857. The smallest absolute Gasteiger partial charge is 0.421 e. The highest BCUT2D eigenvalue weighted by atomic mass is 32.2. The topological polar surface area (TPSA) is 87.7 Å². The van der Waals surface area contributed by atoms with Crippen molar-refractivity contribution in [3.05, 3.63) is 0 Å². The Bertz CT molecular complexity index is 329. The van der Waals surface area contributed by atoms with Crippen LogP contribution in [0.2, 0.25) is 0 Å². The lowest BCUT2D eigenvalue weighted by molar-refractivity contribution is 0.176. The first-order valence-electron chi connectivity index (χ1n) is 4.55. The third-order valence-corrected chi connectivity index (χ3v) is 3.73. The molecule has 1 aliphatic heterocycles. The molecular weight excluding hydrogens is 222 g/mol. The summed E-state index contributed by atoms with van der Waals surface area (Å²) in [6.45, 7) is 3.25. The Morgan fingerprint density at radius 2 is 2.27 bits per heavy atom. The van der Waals surface area contributed by atoms with Crippen LogP contribution in [0.15, 0.2) is 0 Å². The average molecular weight is 237 g/mol. The highest BCUT2D eigenvalue weighted by Gasteiger charge is 2.30. The molecule has 1 aliphatic rings. The molecule has 88 valence electrons. The molecule has 0 aromatic rings. The third-order valence-electron chi connectivity index (χ3n) is 2.15. The molecule has 1 saturated heterocycles. The minimum atomic E-state index is -3.78. The Labute approximate surface area is 89.0 Å². The van der Waals surface area contributed by atoms with Crippen LogP contribution in [0.5, 0.6) is 0 Å². The number of hydrogen-bond acceptors (Lipinski definition) is 5. The zero-order valence-corrected chi connectivity index (χ0v) is 9.50. The number of nitrogens with zero attached hydrogens (tertiary/aromatic N) is 1. The van der Waals surface area contributed by atoms with Crippen LogP contribution in [0, 0.1) is 0 Å². The largest absolute Gasteiger partial charge is 0.452 e. The van der Waals surface area contributed by atoms with Crippen LogP contribution in [0.3, 0.4) is 0 Å². The molecule has 0 bridgehead atoms. The van der Waals surface area contributed by atoms with E-state index in [0.717, 1.165) is 7.11 Å². The number of carbonyl (C=O) groups is 1. The third kappa shape index (κ3) is 3.05. The average Bonchev–Trinajstić information content (AvgIpc) is 2.17. The van der Waals surface area contributed by atoms with Crippen molar-refractivity contribution in [1.29, 1.82) is 0 Å². The zero-order chi connectivity index (χ0) is 11.5. The monoisotopic (exact) mass is 237 g/mol.